The maximum Gasteiger partial charge on any atom is 0.490 e. The van der Waals surface area contributed by atoms with Crippen molar-refractivity contribution in [3.63, 3.8) is 0 Å². The van der Waals surface area contributed by atoms with Crippen LogP contribution in [0.5, 0.6) is 5.75 Å². The highest BCUT2D eigenvalue weighted by molar-refractivity contribution is 9.10. The Bertz CT molecular complexity index is 1050. The van der Waals surface area contributed by atoms with Gasteiger partial charge in [0.25, 0.3) is 0 Å². The molecule has 1 saturated heterocycles. The van der Waals surface area contributed by atoms with Crippen molar-refractivity contribution in [1.29, 1.82) is 0 Å². The number of nitrogens with zero attached hydrogens (tertiary/aromatic N) is 2. The lowest BCUT2D eigenvalue weighted by molar-refractivity contribution is -0.386. The van der Waals surface area contributed by atoms with E-state index in [1.54, 1.807) is 11.0 Å². The van der Waals surface area contributed by atoms with Crippen LogP contribution < -0.4 is 4.74 Å². The van der Waals surface area contributed by atoms with Crippen LogP contribution in [0.2, 0.25) is 0 Å². The number of amides is 1. The Labute approximate surface area is 228 Å². The minimum Gasteiger partial charge on any atom is -0.483 e. The number of carbonyl (C=O) groups is 1. The molecular weight excluding hydrogens is 543 g/mol. The first kappa shape index (κ1) is 29.5. The van der Waals surface area contributed by atoms with Gasteiger partial charge in [-0.05, 0) is 85.7 Å². The summed E-state index contributed by atoms with van der Waals surface area (Å²) < 4.78 is 23.8. The fraction of sp³-hybridized carbons (Fsp3) is 0.654. The van der Waals surface area contributed by atoms with Crippen LogP contribution in [0.1, 0.15) is 73.3 Å². The van der Waals surface area contributed by atoms with Crippen LogP contribution in [-0.2, 0) is 14.0 Å². The molecule has 4 rings (SSSR count). The van der Waals surface area contributed by atoms with Gasteiger partial charge in [0, 0.05) is 29.7 Å². The van der Waals surface area contributed by atoms with Crippen LogP contribution in [0, 0.1) is 17.0 Å². The molecule has 11 heteroatoms. The summed E-state index contributed by atoms with van der Waals surface area (Å²) in [5.74, 6) is 0.361. The van der Waals surface area contributed by atoms with Crippen LogP contribution in [-0.4, -0.2) is 59.0 Å². The lowest BCUT2D eigenvalue weighted by Crippen LogP contribution is -2.41. The molecule has 1 aromatic carbocycles. The molecule has 2 aliphatic heterocycles. The van der Waals surface area contributed by atoms with Crippen LogP contribution in [0.4, 0.5) is 10.5 Å². The highest BCUT2D eigenvalue weighted by atomic mass is 79.9. The first-order chi connectivity index (χ1) is 17.0. The van der Waals surface area contributed by atoms with Gasteiger partial charge >= 0.3 is 18.9 Å². The summed E-state index contributed by atoms with van der Waals surface area (Å²) in [5, 5.41) is 10.8. The minimum atomic E-state index is -0.465. The van der Waals surface area contributed by atoms with Gasteiger partial charge in [-0.3, -0.25) is 10.1 Å². The van der Waals surface area contributed by atoms with Gasteiger partial charge in [0.1, 0.15) is 5.60 Å². The van der Waals surface area contributed by atoms with Gasteiger partial charge < -0.3 is 23.7 Å². The number of halogens is 1. The van der Waals surface area contributed by atoms with E-state index in [9.17, 15) is 14.9 Å². The van der Waals surface area contributed by atoms with Gasteiger partial charge in [0.15, 0.2) is 5.75 Å². The van der Waals surface area contributed by atoms with E-state index in [0.29, 0.717) is 18.8 Å². The number of rotatable bonds is 4. The third-order valence-corrected chi connectivity index (χ3v) is 7.56. The summed E-state index contributed by atoms with van der Waals surface area (Å²) >= 11 is 3.34. The second-order valence-electron chi connectivity index (χ2n) is 11.7. The Hall–Kier alpha value is -2.11. The number of aryl methyl sites for hydroxylation is 1. The average molecular weight is 581 g/mol. The molecule has 1 amide bonds. The van der Waals surface area contributed by atoms with E-state index in [0.717, 1.165) is 34.8 Å². The Balaban J connectivity index is 0.000000220. The molecule has 3 aliphatic rings. The molecule has 37 heavy (non-hydrogen) atoms. The molecule has 1 saturated carbocycles. The summed E-state index contributed by atoms with van der Waals surface area (Å²) in [6, 6.07) is 3.20. The van der Waals surface area contributed by atoms with Gasteiger partial charge in [0.05, 0.1) is 22.2 Å². The molecule has 0 atom stereocenters. The molecule has 2 fully saturated rings. The predicted octanol–water partition coefficient (Wildman–Crippen LogP) is 6.39. The van der Waals surface area contributed by atoms with Crippen molar-refractivity contribution in [2.45, 2.75) is 97.6 Å². The van der Waals surface area contributed by atoms with Crippen molar-refractivity contribution in [3.8, 4) is 5.75 Å². The van der Waals surface area contributed by atoms with E-state index in [4.69, 9.17) is 18.8 Å². The maximum atomic E-state index is 12.1. The van der Waals surface area contributed by atoms with Crippen molar-refractivity contribution in [2.75, 3.05) is 13.1 Å². The van der Waals surface area contributed by atoms with Crippen LogP contribution in [0.25, 0.3) is 0 Å². The number of carbonyl (C=O) groups excluding carboxylic acids is 1. The summed E-state index contributed by atoms with van der Waals surface area (Å²) in [5.41, 5.74) is 0.861. The maximum absolute atomic E-state index is 12.1. The third kappa shape index (κ3) is 7.71. The molecule has 0 unspecified atom stereocenters. The zero-order chi connectivity index (χ0) is 27.8. The predicted molar refractivity (Wildman–Crippen MR) is 146 cm³/mol. The number of ether oxygens (including phenoxy) is 2. The molecular formula is C26H38BBrN2O7. The summed E-state index contributed by atoms with van der Waals surface area (Å²) in [6.45, 7) is 16.8. The van der Waals surface area contributed by atoms with E-state index in [1.165, 1.54) is 6.07 Å². The monoisotopic (exact) mass is 580 g/mol. The van der Waals surface area contributed by atoms with Crippen LogP contribution in [0.15, 0.2) is 28.2 Å². The number of nitro groups is 1. The van der Waals surface area contributed by atoms with E-state index >= 15 is 0 Å². The minimum absolute atomic E-state index is 0.0441. The van der Waals surface area contributed by atoms with Gasteiger partial charge in [-0.25, -0.2) is 4.79 Å². The van der Waals surface area contributed by atoms with Gasteiger partial charge in [-0.1, -0.05) is 22.0 Å². The highest BCUT2D eigenvalue weighted by Gasteiger charge is 2.52. The van der Waals surface area contributed by atoms with Crippen molar-refractivity contribution in [3.05, 3.63) is 43.8 Å². The first-order valence-corrected chi connectivity index (χ1v) is 13.4. The van der Waals surface area contributed by atoms with Crippen molar-refractivity contribution >= 4 is 34.8 Å². The number of hydrogen-bond donors (Lipinski definition) is 0. The zero-order valence-electron chi connectivity index (χ0n) is 23.1. The van der Waals surface area contributed by atoms with Gasteiger partial charge in [-0.15, -0.1) is 0 Å². The van der Waals surface area contributed by atoms with Gasteiger partial charge in [-0.2, -0.15) is 0 Å². The van der Waals surface area contributed by atoms with Crippen molar-refractivity contribution < 1.29 is 28.5 Å². The fourth-order valence-electron chi connectivity index (χ4n) is 3.64. The quantitative estimate of drug-likeness (QED) is 0.231. The summed E-state index contributed by atoms with van der Waals surface area (Å²) in [6.07, 6.45) is 4.65. The molecule has 1 aliphatic carbocycles. The Kier molecular flexibility index (Phi) is 8.71. The molecule has 204 valence electrons. The molecule has 9 nitrogen and oxygen atoms in total. The fourth-order valence-corrected chi connectivity index (χ4v) is 3.96. The molecule has 0 bridgehead atoms. The summed E-state index contributed by atoms with van der Waals surface area (Å²) in [7, 11) is -0.314. The van der Waals surface area contributed by atoms with Crippen molar-refractivity contribution in [1.82, 2.24) is 4.90 Å². The van der Waals surface area contributed by atoms with E-state index in [2.05, 4.69) is 15.9 Å². The van der Waals surface area contributed by atoms with E-state index in [1.807, 2.05) is 61.5 Å². The largest absolute Gasteiger partial charge is 0.490 e. The summed E-state index contributed by atoms with van der Waals surface area (Å²) in [4.78, 5) is 24.2. The molecule has 2 heterocycles. The van der Waals surface area contributed by atoms with Gasteiger partial charge in [0.2, 0.25) is 0 Å². The average Bonchev–Trinajstić information content (AvgIpc) is 3.54. The second-order valence-corrected chi connectivity index (χ2v) is 12.5. The Morgan fingerprint density at radius 1 is 1.19 bits per heavy atom. The second kappa shape index (κ2) is 10.9. The Morgan fingerprint density at radius 3 is 2.24 bits per heavy atom. The van der Waals surface area contributed by atoms with E-state index < -0.39 is 10.5 Å². The molecule has 0 radical (unpaired) electrons. The van der Waals surface area contributed by atoms with Crippen LogP contribution in [0.3, 0.4) is 0 Å². The molecule has 1 aromatic rings. The molecule has 0 N–H and O–H groups in total. The SMILES string of the molecule is CC(C)(C)OC(=O)N1CC=C(B2OC(C)(C)C(C)(C)O2)CC1.Cc1cc([N+](=O)[O-])c(OC2CC2)cc1Br. The lowest BCUT2D eigenvalue weighted by Gasteiger charge is -2.32. The van der Waals surface area contributed by atoms with E-state index in [-0.39, 0.29) is 36.2 Å². The third-order valence-electron chi connectivity index (χ3n) is 6.71. The highest BCUT2D eigenvalue weighted by Crippen LogP contribution is 2.40. The zero-order valence-corrected chi connectivity index (χ0v) is 24.6. The Morgan fingerprint density at radius 2 is 1.78 bits per heavy atom. The van der Waals surface area contributed by atoms with Crippen molar-refractivity contribution in [2.24, 2.45) is 0 Å². The first-order valence-electron chi connectivity index (χ1n) is 12.6. The lowest BCUT2D eigenvalue weighted by atomic mass is 9.75. The standard InChI is InChI=1S/C16H28BNO4.C10H10BrNO3/c1-14(2,3)20-13(19)18-10-8-12(9-11-18)17-21-15(4,5)16(6,7)22-17;1-6-4-9(12(13)14)10(5-8(6)11)15-7-2-3-7/h8H,9-11H2,1-7H3;4-5,7H,2-3H2,1H3. The van der Waals surface area contributed by atoms with Crippen LogP contribution >= 0.6 is 15.9 Å². The number of hydrogen-bond acceptors (Lipinski definition) is 7. The molecule has 0 aromatic heterocycles. The topological polar surface area (TPSA) is 100 Å². The normalized spacial score (nSPS) is 20.5. The smallest absolute Gasteiger partial charge is 0.483 e. The molecule has 0 spiro atoms. The number of nitro benzene ring substituents is 1. The number of benzene rings is 1.